The minimum atomic E-state index is -0.536. The number of nitrogens with one attached hydrogen (secondary N) is 2. The summed E-state index contributed by atoms with van der Waals surface area (Å²) < 4.78 is 4.46. The lowest BCUT2D eigenvalue weighted by Crippen LogP contribution is -2.11. The van der Waals surface area contributed by atoms with Crippen LogP contribution in [0.3, 0.4) is 0 Å². The molecule has 2 N–H and O–H groups in total. The van der Waals surface area contributed by atoms with Crippen molar-refractivity contribution in [1.29, 1.82) is 0 Å². The van der Waals surface area contributed by atoms with Crippen LogP contribution in [0.1, 0.15) is 32.3 Å². The molecule has 0 aliphatic heterocycles. The first kappa shape index (κ1) is 15.0. The molecular formula is C14H21N3O2. The lowest BCUT2D eigenvalue weighted by Gasteiger charge is -1.96. The van der Waals surface area contributed by atoms with Crippen LogP contribution in [0.5, 0.6) is 0 Å². The molecule has 0 aliphatic rings. The summed E-state index contributed by atoms with van der Waals surface area (Å²) in [5, 5.41) is 2.47. The molecule has 1 amide bonds. The Morgan fingerprint density at radius 2 is 2.05 bits per heavy atom. The fourth-order valence-electron chi connectivity index (χ4n) is 1.33. The molecule has 104 valence electrons. The number of aromatic amines is 1. The second-order valence-corrected chi connectivity index (χ2v) is 4.22. The molecule has 5 nitrogen and oxygen atoms in total. The fourth-order valence-corrected chi connectivity index (χ4v) is 1.33. The summed E-state index contributed by atoms with van der Waals surface area (Å²) >= 11 is 0. The zero-order valence-electron chi connectivity index (χ0n) is 11.9. The van der Waals surface area contributed by atoms with E-state index in [0.717, 1.165) is 16.6 Å². The molecule has 0 saturated heterocycles. The molecule has 5 heteroatoms. The molecule has 0 bridgehead atoms. The van der Waals surface area contributed by atoms with E-state index in [1.165, 1.54) is 20.0 Å². The minimum absolute atomic E-state index is 0.391. The monoisotopic (exact) mass is 263 g/mol. The van der Waals surface area contributed by atoms with Crippen LogP contribution in [0, 0.1) is 6.92 Å². The Bertz CT molecular complexity index is 532. The first-order chi connectivity index (χ1) is 9.10. The average molecular weight is 263 g/mol. The largest absolute Gasteiger partial charge is 0.453 e. The number of unbranched alkanes of at least 4 members (excludes halogenated alkanes) is 1. The van der Waals surface area contributed by atoms with E-state index in [4.69, 9.17) is 0 Å². The first-order valence-electron chi connectivity index (χ1n) is 6.42. The topological polar surface area (TPSA) is 67.0 Å². The van der Waals surface area contributed by atoms with Crippen molar-refractivity contribution in [2.45, 2.75) is 33.6 Å². The second-order valence-electron chi connectivity index (χ2n) is 4.22. The number of amides is 1. The van der Waals surface area contributed by atoms with Gasteiger partial charge in [-0.2, -0.15) is 0 Å². The van der Waals surface area contributed by atoms with Gasteiger partial charge in [-0.3, -0.25) is 5.32 Å². The van der Waals surface area contributed by atoms with Gasteiger partial charge in [0.1, 0.15) is 0 Å². The van der Waals surface area contributed by atoms with Crippen molar-refractivity contribution >= 4 is 23.1 Å². The molecule has 1 aromatic carbocycles. The van der Waals surface area contributed by atoms with Gasteiger partial charge in [-0.15, -0.1) is 0 Å². The van der Waals surface area contributed by atoms with Crippen LogP contribution < -0.4 is 5.32 Å². The third-order valence-electron chi connectivity index (χ3n) is 2.54. The van der Waals surface area contributed by atoms with E-state index in [9.17, 15) is 4.79 Å². The Morgan fingerprint density at radius 1 is 1.37 bits per heavy atom. The SMILES string of the molecule is CCCC.COC(=O)Nc1nc2ccc(C)cc2[nH]1. The Labute approximate surface area is 113 Å². The zero-order valence-corrected chi connectivity index (χ0v) is 11.9. The number of ether oxygens (including phenoxy) is 1. The summed E-state index contributed by atoms with van der Waals surface area (Å²) in [4.78, 5) is 18.1. The predicted octanol–water partition coefficient (Wildman–Crippen LogP) is 3.86. The number of methoxy groups -OCH3 is 1. The third-order valence-corrected chi connectivity index (χ3v) is 2.54. The molecule has 1 heterocycles. The molecule has 0 fully saturated rings. The number of hydrogen-bond donors (Lipinski definition) is 2. The van der Waals surface area contributed by atoms with E-state index in [0.29, 0.717) is 5.95 Å². The molecule has 19 heavy (non-hydrogen) atoms. The van der Waals surface area contributed by atoms with Crippen molar-refractivity contribution < 1.29 is 9.53 Å². The summed E-state index contributed by atoms with van der Waals surface area (Å²) in [7, 11) is 1.31. The summed E-state index contributed by atoms with van der Waals surface area (Å²) in [6.45, 7) is 6.35. The molecular weight excluding hydrogens is 242 g/mol. The first-order valence-corrected chi connectivity index (χ1v) is 6.42. The number of anilines is 1. The Hall–Kier alpha value is -2.04. The fraction of sp³-hybridized carbons (Fsp3) is 0.429. The van der Waals surface area contributed by atoms with E-state index in [-0.39, 0.29) is 0 Å². The van der Waals surface area contributed by atoms with Crippen molar-refractivity contribution in [3.8, 4) is 0 Å². The molecule has 0 radical (unpaired) electrons. The summed E-state index contributed by atoms with van der Waals surface area (Å²) in [5.74, 6) is 0.391. The number of carbonyl (C=O) groups is 1. The maximum Gasteiger partial charge on any atom is 0.413 e. The van der Waals surface area contributed by atoms with Crippen LogP contribution in [0.15, 0.2) is 18.2 Å². The van der Waals surface area contributed by atoms with E-state index in [2.05, 4.69) is 33.9 Å². The summed E-state index contributed by atoms with van der Waals surface area (Å²) in [6.07, 6.45) is 2.10. The van der Waals surface area contributed by atoms with Gasteiger partial charge in [0, 0.05) is 0 Å². The number of nitrogens with zero attached hydrogens (tertiary/aromatic N) is 1. The number of H-pyrrole nitrogens is 1. The number of aryl methyl sites for hydroxylation is 1. The molecule has 1 aromatic heterocycles. The Morgan fingerprint density at radius 3 is 2.63 bits per heavy atom. The lowest BCUT2D eigenvalue weighted by atomic mass is 10.2. The van der Waals surface area contributed by atoms with Crippen LogP contribution in [0.25, 0.3) is 11.0 Å². The standard InChI is InChI=1S/C10H11N3O2.C4H10/c1-6-3-4-7-8(5-6)12-9(11-7)13-10(14)15-2;1-3-4-2/h3-5H,1-2H3,(H2,11,12,13,14);3-4H2,1-2H3. The summed E-state index contributed by atoms with van der Waals surface area (Å²) in [5.41, 5.74) is 2.84. The lowest BCUT2D eigenvalue weighted by molar-refractivity contribution is 0.186. The number of fused-ring (bicyclic) bond motifs is 1. The van der Waals surface area contributed by atoms with Gasteiger partial charge in [0.25, 0.3) is 0 Å². The molecule has 0 aliphatic carbocycles. The van der Waals surface area contributed by atoms with Gasteiger partial charge in [0.05, 0.1) is 18.1 Å². The van der Waals surface area contributed by atoms with Crippen LogP contribution >= 0.6 is 0 Å². The van der Waals surface area contributed by atoms with Crippen molar-refractivity contribution in [1.82, 2.24) is 9.97 Å². The van der Waals surface area contributed by atoms with Crippen LogP contribution in [0.4, 0.5) is 10.7 Å². The minimum Gasteiger partial charge on any atom is -0.453 e. The highest BCUT2D eigenvalue weighted by atomic mass is 16.5. The second kappa shape index (κ2) is 7.41. The molecule has 0 atom stereocenters. The normalized spacial score (nSPS) is 9.68. The van der Waals surface area contributed by atoms with Gasteiger partial charge in [-0.05, 0) is 24.6 Å². The van der Waals surface area contributed by atoms with Crippen LogP contribution in [0.2, 0.25) is 0 Å². The highest BCUT2D eigenvalue weighted by Gasteiger charge is 2.05. The molecule has 0 spiro atoms. The smallest absolute Gasteiger partial charge is 0.413 e. The number of hydrogen-bond acceptors (Lipinski definition) is 3. The van der Waals surface area contributed by atoms with Gasteiger partial charge in [0.2, 0.25) is 5.95 Å². The molecule has 2 rings (SSSR count). The Kier molecular flexibility index (Phi) is 5.85. The maximum atomic E-state index is 10.9. The zero-order chi connectivity index (χ0) is 14.3. The van der Waals surface area contributed by atoms with Gasteiger partial charge < -0.3 is 9.72 Å². The molecule has 2 aromatic rings. The van der Waals surface area contributed by atoms with E-state index in [1.54, 1.807) is 0 Å². The quantitative estimate of drug-likeness (QED) is 0.864. The van der Waals surface area contributed by atoms with Gasteiger partial charge in [0.15, 0.2) is 0 Å². The van der Waals surface area contributed by atoms with Gasteiger partial charge >= 0.3 is 6.09 Å². The van der Waals surface area contributed by atoms with Crippen molar-refractivity contribution in [2.75, 3.05) is 12.4 Å². The van der Waals surface area contributed by atoms with E-state index in [1.807, 2.05) is 25.1 Å². The molecule has 0 saturated carbocycles. The third kappa shape index (κ3) is 4.62. The number of benzene rings is 1. The molecule has 0 unspecified atom stereocenters. The maximum absolute atomic E-state index is 10.9. The van der Waals surface area contributed by atoms with Crippen LogP contribution in [-0.2, 0) is 4.74 Å². The summed E-state index contributed by atoms with van der Waals surface area (Å²) in [6, 6.07) is 5.82. The van der Waals surface area contributed by atoms with Crippen molar-refractivity contribution in [3.05, 3.63) is 23.8 Å². The number of aromatic nitrogens is 2. The van der Waals surface area contributed by atoms with Crippen molar-refractivity contribution in [2.24, 2.45) is 0 Å². The predicted molar refractivity (Wildman–Crippen MR) is 77.4 cm³/mol. The van der Waals surface area contributed by atoms with Gasteiger partial charge in [-0.1, -0.05) is 32.8 Å². The highest BCUT2D eigenvalue weighted by Crippen LogP contribution is 2.15. The highest BCUT2D eigenvalue weighted by molar-refractivity contribution is 5.86. The van der Waals surface area contributed by atoms with E-state index < -0.39 is 6.09 Å². The number of imidazole rings is 1. The van der Waals surface area contributed by atoms with Crippen molar-refractivity contribution in [3.63, 3.8) is 0 Å². The van der Waals surface area contributed by atoms with E-state index >= 15 is 0 Å². The number of rotatable bonds is 2. The van der Waals surface area contributed by atoms with Gasteiger partial charge in [-0.25, -0.2) is 9.78 Å². The number of carbonyl (C=O) groups excluding carboxylic acids is 1. The Balaban J connectivity index is 0.000000399. The van der Waals surface area contributed by atoms with Crippen LogP contribution in [-0.4, -0.2) is 23.2 Å². The average Bonchev–Trinajstić information content (AvgIpc) is 2.80.